The van der Waals surface area contributed by atoms with Crippen LogP contribution in [0.4, 0.5) is 0 Å². The fourth-order valence-corrected chi connectivity index (χ4v) is 6.70. The molecule has 5 atom stereocenters. The first kappa shape index (κ1) is 24.6. The van der Waals surface area contributed by atoms with Crippen LogP contribution < -0.4 is 0 Å². The lowest BCUT2D eigenvalue weighted by Crippen LogP contribution is -2.36. The molecule has 3 aliphatic rings. The number of benzene rings is 1. The topological polar surface area (TPSA) is 60.8 Å². The van der Waals surface area contributed by atoms with Gasteiger partial charge in [-0.2, -0.15) is 11.8 Å². The highest BCUT2D eigenvalue weighted by Crippen LogP contribution is 2.48. The lowest BCUT2D eigenvalue weighted by Gasteiger charge is -2.26. The summed E-state index contributed by atoms with van der Waals surface area (Å²) in [5, 5.41) is 21.1. The number of likely N-dealkylation sites (tertiary alicyclic amines) is 1. The summed E-state index contributed by atoms with van der Waals surface area (Å²) >= 11 is 1.76. The Bertz CT molecular complexity index is 860. The van der Waals surface area contributed by atoms with Crippen molar-refractivity contribution in [3.63, 3.8) is 0 Å². The van der Waals surface area contributed by atoms with Gasteiger partial charge in [0.15, 0.2) is 0 Å². The Morgan fingerprint density at radius 1 is 1.27 bits per heavy atom. The van der Waals surface area contributed by atoms with E-state index >= 15 is 0 Å². The van der Waals surface area contributed by atoms with E-state index in [1.54, 1.807) is 11.8 Å². The molecule has 1 amide bonds. The van der Waals surface area contributed by atoms with Crippen molar-refractivity contribution in [1.82, 2.24) is 4.90 Å². The number of fused-ring (bicyclic) bond motifs is 1. The highest BCUT2D eigenvalue weighted by atomic mass is 32.2. The second kappa shape index (κ2) is 11.7. The predicted molar refractivity (Wildman–Crippen MR) is 136 cm³/mol. The zero-order chi connectivity index (χ0) is 23.2. The molecule has 0 radical (unpaired) electrons. The van der Waals surface area contributed by atoms with Crippen LogP contribution in [0.1, 0.15) is 49.7 Å². The maximum absolute atomic E-state index is 12.3. The van der Waals surface area contributed by atoms with Gasteiger partial charge in [0.25, 0.3) is 0 Å². The van der Waals surface area contributed by atoms with Crippen molar-refractivity contribution in [3.05, 3.63) is 59.2 Å². The van der Waals surface area contributed by atoms with Crippen molar-refractivity contribution < 1.29 is 15.0 Å². The molecule has 1 aromatic rings. The molecular formula is C28H39NO3S. The number of allylic oxidation sites excluding steroid dienone is 2. The van der Waals surface area contributed by atoms with Gasteiger partial charge in [-0.3, -0.25) is 4.79 Å². The van der Waals surface area contributed by atoms with Crippen LogP contribution in [0, 0.1) is 24.7 Å². The average Bonchev–Trinajstić information content (AvgIpc) is 3.32. The highest BCUT2D eigenvalue weighted by Gasteiger charge is 2.43. The first-order valence-corrected chi connectivity index (χ1v) is 13.8. The largest absolute Gasteiger partial charge is 0.392 e. The molecule has 4 rings (SSSR count). The van der Waals surface area contributed by atoms with Gasteiger partial charge >= 0.3 is 0 Å². The number of piperidine rings is 1. The van der Waals surface area contributed by atoms with Gasteiger partial charge in [-0.05, 0) is 68.6 Å². The first-order chi connectivity index (χ1) is 16.0. The first-order valence-electron chi connectivity index (χ1n) is 12.6. The lowest BCUT2D eigenvalue weighted by molar-refractivity contribution is -0.129. The summed E-state index contributed by atoms with van der Waals surface area (Å²) in [5.41, 5.74) is 3.82. The van der Waals surface area contributed by atoms with Crippen LogP contribution in [0.25, 0.3) is 0 Å². The monoisotopic (exact) mass is 469 g/mol. The predicted octanol–water partition coefficient (Wildman–Crippen LogP) is 4.53. The van der Waals surface area contributed by atoms with Gasteiger partial charge in [0, 0.05) is 25.4 Å². The van der Waals surface area contributed by atoms with E-state index in [1.165, 1.54) is 17.6 Å². The summed E-state index contributed by atoms with van der Waals surface area (Å²) < 4.78 is 0. The summed E-state index contributed by atoms with van der Waals surface area (Å²) in [7, 11) is 0. The average molecular weight is 470 g/mol. The van der Waals surface area contributed by atoms with E-state index in [9.17, 15) is 15.0 Å². The molecule has 0 aromatic heterocycles. The zero-order valence-electron chi connectivity index (χ0n) is 19.9. The standard InChI is InChI=1S/C28H39NO3S/c1-20-6-5-7-21(14-20)16-24(30)8-9-25-26-17-22(15-23(26)18-27(25)31)10-13-33-19-28(32)29-11-3-2-4-12-29/h5-9,14-15,23-27,30-31H,2-4,10-13,16-19H2,1H3/t23-,24+,25+,26-,27+/m0/s1. The van der Waals surface area contributed by atoms with E-state index in [0.29, 0.717) is 29.9 Å². The molecule has 0 bridgehead atoms. The van der Waals surface area contributed by atoms with Crippen LogP contribution in [0.15, 0.2) is 48.1 Å². The van der Waals surface area contributed by atoms with Gasteiger partial charge in [-0.15, -0.1) is 0 Å². The normalized spacial score (nSPS) is 28.2. The quantitative estimate of drug-likeness (QED) is 0.412. The van der Waals surface area contributed by atoms with Crippen molar-refractivity contribution in [2.75, 3.05) is 24.6 Å². The Morgan fingerprint density at radius 2 is 2.09 bits per heavy atom. The Kier molecular flexibility index (Phi) is 8.72. The summed E-state index contributed by atoms with van der Waals surface area (Å²) in [4.78, 5) is 14.4. The zero-order valence-corrected chi connectivity index (χ0v) is 20.7. The Hall–Kier alpha value is -1.56. The summed E-state index contributed by atoms with van der Waals surface area (Å²) in [6.45, 7) is 3.94. The van der Waals surface area contributed by atoms with Gasteiger partial charge in [-0.1, -0.05) is 53.6 Å². The summed E-state index contributed by atoms with van der Waals surface area (Å²) in [6, 6.07) is 8.26. The minimum atomic E-state index is -0.527. The number of rotatable bonds is 9. The maximum atomic E-state index is 12.3. The van der Waals surface area contributed by atoms with E-state index in [1.807, 2.05) is 17.0 Å². The van der Waals surface area contributed by atoms with Crippen LogP contribution in [-0.2, 0) is 11.2 Å². The molecule has 2 fully saturated rings. The number of aliphatic hydroxyl groups is 2. The number of amides is 1. The van der Waals surface area contributed by atoms with Gasteiger partial charge < -0.3 is 15.1 Å². The van der Waals surface area contributed by atoms with Gasteiger partial charge in [-0.25, -0.2) is 0 Å². The number of aryl methyl sites for hydroxylation is 1. The van der Waals surface area contributed by atoms with Gasteiger partial charge in [0.05, 0.1) is 18.0 Å². The van der Waals surface area contributed by atoms with Crippen LogP contribution in [0.3, 0.4) is 0 Å². The van der Waals surface area contributed by atoms with Crippen LogP contribution in [0.2, 0.25) is 0 Å². The van der Waals surface area contributed by atoms with E-state index in [2.05, 4.69) is 37.3 Å². The van der Waals surface area contributed by atoms with E-state index < -0.39 is 6.10 Å². The summed E-state index contributed by atoms with van der Waals surface area (Å²) in [5.74, 6) is 2.89. The van der Waals surface area contributed by atoms with Crippen LogP contribution >= 0.6 is 11.8 Å². The summed E-state index contributed by atoms with van der Waals surface area (Å²) in [6.07, 6.45) is 12.5. The molecule has 0 spiro atoms. The van der Waals surface area contributed by atoms with Crippen molar-refractivity contribution in [1.29, 1.82) is 0 Å². The Balaban J connectivity index is 1.21. The van der Waals surface area contributed by atoms with Crippen LogP contribution in [-0.4, -0.2) is 57.8 Å². The molecule has 1 heterocycles. The second-order valence-corrected chi connectivity index (χ2v) is 11.2. The van der Waals surface area contributed by atoms with Crippen molar-refractivity contribution >= 4 is 17.7 Å². The number of hydrogen-bond acceptors (Lipinski definition) is 4. The van der Waals surface area contributed by atoms with Crippen LogP contribution in [0.5, 0.6) is 0 Å². The molecule has 4 nitrogen and oxygen atoms in total. The lowest BCUT2D eigenvalue weighted by atomic mass is 9.88. The second-order valence-electron chi connectivity index (χ2n) is 10.1. The molecule has 5 heteroatoms. The SMILES string of the molecule is Cc1cccc(C[C@H](O)C=C[C@@H]2[C@H]3CC(CCSCC(=O)N4CCCCC4)=C[C@H]3C[C@H]2O)c1. The third-order valence-corrected chi connectivity index (χ3v) is 8.48. The minimum Gasteiger partial charge on any atom is -0.392 e. The number of nitrogens with zero attached hydrogens (tertiary/aromatic N) is 1. The molecule has 1 aliphatic heterocycles. The molecule has 2 N–H and O–H groups in total. The van der Waals surface area contributed by atoms with E-state index in [4.69, 9.17) is 0 Å². The molecular weight excluding hydrogens is 430 g/mol. The molecule has 0 unspecified atom stereocenters. The number of carbonyl (C=O) groups is 1. The fourth-order valence-electron chi connectivity index (χ4n) is 5.79. The molecule has 180 valence electrons. The van der Waals surface area contributed by atoms with Gasteiger partial charge in [0.2, 0.25) is 5.91 Å². The Labute approximate surface area is 203 Å². The third kappa shape index (κ3) is 6.74. The molecule has 33 heavy (non-hydrogen) atoms. The van der Waals surface area contributed by atoms with Crippen molar-refractivity contribution in [3.8, 4) is 0 Å². The third-order valence-electron chi connectivity index (χ3n) is 7.53. The fraction of sp³-hybridized carbons (Fsp3) is 0.607. The molecule has 1 aromatic carbocycles. The van der Waals surface area contributed by atoms with Crippen molar-refractivity contribution in [2.45, 2.75) is 64.1 Å². The molecule has 2 aliphatic carbocycles. The Morgan fingerprint density at radius 3 is 2.88 bits per heavy atom. The number of carbonyl (C=O) groups excluding carboxylic acids is 1. The maximum Gasteiger partial charge on any atom is 0.232 e. The number of aliphatic hydroxyl groups excluding tert-OH is 2. The molecule has 1 saturated heterocycles. The highest BCUT2D eigenvalue weighted by molar-refractivity contribution is 7.99. The number of hydrogen-bond donors (Lipinski definition) is 2. The smallest absolute Gasteiger partial charge is 0.232 e. The van der Waals surface area contributed by atoms with Crippen molar-refractivity contribution in [2.24, 2.45) is 17.8 Å². The van der Waals surface area contributed by atoms with E-state index in [0.717, 1.165) is 56.5 Å². The number of thioether (sulfide) groups is 1. The minimum absolute atomic E-state index is 0.115. The molecule has 1 saturated carbocycles. The van der Waals surface area contributed by atoms with E-state index in [-0.39, 0.29) is 12.0 Å². The van der Waals surface area contributed by atoms with Gasteiger partial charge in [0.1, 0.15) is 0 Å².